The van der Waals surface area contributed by atoms with E-state index >= 15 is 0 Å². The summed E-state index contributed by atoms with van der Waals surface area (Å²) in [7, 11) is 0. The van der Waals surface area contributed by atoms with Crippen molar-refractivity contribution in [1.82, 2.24) is 0 Å². The van der Waals surface area contributed by atoms with Crippen LogP contribution in [0.4, 0.5) is 17.1 Å². The molecule has 0 saturated heterocycles. The second kappa shape index (κ2) is 12.4. The molecule has 0 unspecified atom stereocenters. The van der Waals surface area contributed by atoms with E-state index in [1.54, 1.807) is 0 Å². The molecule has 0 spiro atoms. The number of benzene rings is 10. The molecule has 10 aromatic carbocycles. The Hall–Kier alpha value is -6.74. The van der Waals surface area contributed by atoms with Gasteiger partial charge in [0.25, 0.3) is 0 Å². The van der Waals surface area contributed by atoms with E-state index in [1.165, 1.54) is 85.5 Å². The fourth-order valence-corrected chi connectivity index (χ4v) is 9.68. The smallest absolute Gasteiger partial charge is 0.0540 e. The molecule has 0 radical (unpaired) electrons. The summed E-state index contributed by atoms with van der Waals surface area (Å²) in [5.41, 5.74) is 8.19. The first kappa shape index (κ1) is 30.8. The Morgan fingerprint density at radius 3 is 1.83 bits per heavy atom. The van der Waals surface area contributed by atoms with Crippen molar-refractivity contribution in [1.29, 1.82) is 0 Å². The Bertz CT molecular complexity index is 3230. The van der Waals surface area contributed by atoms with Crippen LogP contribution in [0.15, 0.2) is 200 Å². The predicted molar refractivity (Wildman–Crippen MR) is 235 cm³/mol. The number of hydrogen-bond donors (Lipinski definition) is 0. The van der Waals surface area contributed by atoms with Crippen molar-refractivity contribution in [3.05, 3.63) is 200 Å². The molecule has 0 aliphatic carbocycles. The minimum Gasteiger partial charge on any atom is -0.310 e. The van der Waals surface area contributed by atoms with E-state index in [4.69, 9.17) is 0 Å². The fraction of sp³-hybridized carbons (Fsp3) is 0. The first-order valence-electron chi connectivity index (χ1n) is 18.5. The molecule has 0 saturated carbocycles. The summed E-state index contributed by atoms with van der Waals surface area (Å²) in [4.78, 5) is 2.46. The summed E-state index contributed by atoms with van der Waals surface area (Å²) in [6.07, 6.45) is 0. The predicted octanol–water partition coefficient (Wildman–Crippen LogP) is 15.5. The van der Waals surface area contributed by atoms with Gasteiger partial charge in [0.2, 0.25) is 0 Å². The molecule has 0 aliphatic rings. The van der Waals surface area contributed by atoms with Gasteiger partial charge in [0.1, 0.15) is 0 Å². The van der Waals surface area contributed by atoms with Crippen LogP contribution < -0.4 is 4.90 Å². The molecule has 2 heteroatoms. The molecular formula is C52H33NS. The van der Waals surface area contributed by atoms with Gasteiger partial charge in [-0.25, -0.2) is 0 Å². The highest BCUT2D eigenvalue weighted by Crippen LogP contribution is 2.48. The lowest BCUT2D eigenvalue weighted by Crippen LogP contribution is -2.11. The molecule has 0 aliphatic heterocycles. The molecule has 0 N–H and O–H groups in total. The van der Waals surface area contributed by atoms with Crippen molar-refractivity contribution >= 4 is 91.7 Å². The van der Waals surface area contributed by atoms with Crippen molar-refractivity contribution in [2.75, 3.05) is 4.90 Å². The molecule has 0 fully saturated rings. The average Bonchev–Trinajstić information content (AvgIpc) is 3.62. The lowest BCUT2D eigenvalue weighted by atomic mass is 9.88. The van der Waals surface area contributed by atoms with Gasteiger partial charge in [-0.1, -0.05) is 158 Å². The minimum absolute atomic E-state index is 1.12. The Morgan fingerprint density at radius 2 is 0.944 bits per heavy atom. The molecule has 0 bridgehead atoms. The molecule has 252 valence electrons. The van der Waals surface area contributed by atoms with Crippen LogP contribution in [0, 0.1) is 0 Å². The first-order chi connectivity index (χ1) is 26.8. The van der Waals surface area contributed by atoms with Crippen LogP contribution >= 0.6 is 11.3 Å². The van der Waals surface area contributed by atoms with Crippen molar-refractivity contribution in [2.45, 2.75) is 0 Å². The maximum atomic E-state index is 2.46. The molecule has 1 heterocycles. The quantitative estimate of drug-likeness (QED) is 0.161. The van der Waals surface area contributed by atoms with Crippen molar-refractivity contribution < 1.29 is 0 Å². The van der Waals surface area contributed by atoms with E-state index in [0.29, 0.717) is 0 Å². The zero-order valence-corrected chi connectivity index (χ0v) is 30.2. The van der Waals surface area contributed by atoms with Gasteiger partial charge in [0.15, 0.2) is 0 Å². The van der Waals surface area contributed by atoms with E-state index in [9.17, 15) is 0 Å². The number of fused-ring (bicyclic) bond motifs is 10. The number of thiophene rings is 1. The Labute approximate surface area is 317 Å². The van der Waals surface area contributed by atoms with Crippen LogP contribution in [0.2, 0.25) is 0 Å². The van der Waals surface area contributed by atoms with Gasteiger partial charge in [-0.3, -0.25) is 0 Å². The molecule has 11 aromatic rings. The van der Waals surface area contributed by atoms with Gasteiger partial charge in [-0.05, 0) is 102 Å². The highest BCUT2D eigenvalue weighted by Gasteiger charge is 2.21. The van der Waals surface area contributed by atoms with Crippen LogP contribution in [-0.2, 0) is 0 Å². The molecule has 54 heavy (non-hydrogen) atoms. The van der Waals surface area contributed by atoms with Crippen LogP contribution in [0.5, 0.6) is 0 Å². The van der Waals surface area contributed by atoms with Gasteiger partial charge < -0.3 is 4.90 Å². The van der Waals surface area contributed by atoms with Gasteiger partial charge in [-0.15, -0.1) is 11.3 Å². The van der Waals surface area contributed by atoms with Crippen LogP contribution in [-0.4, -0.2) is 0 Å². The van der Waals surface area contributed by atoms with Gasteiger partial charge in [0, 0.05) is 37.1 Å². The summed E-state index contributed by atoms with van der Waals surface area (Å²) in [5.74, 6) is 0. The van der Waals surface area contributed by atoms with E-state index in [2.05, 4.69) is 205 Å². The molecule has 0 amide bonds. The van der Waals surface area contributed by atoms with Crippen LogP contribution in [0.1, 0.15) is 0 Å². The normalized spacial score (nSPS) is 11.7. The van der Waals surface area contributed by atoms with E-state index in [1.807, 2.05) is 11.3 Å². The number of nitrogens with zero attached hydrogens (tertiary/aromatic N) is 1. The van der Waals surface area contributed by atoms with Gasteiger partial charge in [0.05, 0.1) is 5.69 Å². The summed E-state index contributed by atoms with van der Waals surface area (Å²) >= 11 is 1.86. The largest absolute Gasteiger partial charge is 0.310 e. The lowest BCUT2D eigenvalue weighted by Gasteiger charge is -2.29. The second-order valence-corrected chi connectivity index (χ2v) is 15.1. The maximum Gasteiger partial charge on any atom is 0.0540 e. The number of hydrogen-bond acceptors (Lipinski definition) is 2. The molecular weight excluding hydrogens is 671 g/mol. The molecule has 1 aromatic heterocycles. The van der Waals surface area contributed by atoms with Gasteiger partial charge in [-0.2, -0.15) is 0 Å². The number of para-hydroxylation sites is 1. The maximum absolute atomic E-state index is 2.46. The number of anilines is 3. The lowest BCUT2D eigenvalue weighted by molar-refractivity contribution is 1.29. The summed E-state index contributed by atoms with van der Waals surface area (Å²) in [5, 5.41) is 12.8. The first-order valence-corrected chi connectivity index (χ1v) is 19.3. The number of rotatable bonds is 5. The molecule has 1 nitrogen and oxygen atoms in total. The van der Waals surface area contributed by atoms with Crippen molar-refractivity contribution in [3.8, 4) is 22.3 Å². The third kappa shape index (κ3) is 4.92. The standard InChI is InChI=1S/C52H33NS/c1-2-13-34(14-3-1)37-17-12-18-39(31-37)53(40-28-30-45-44-22-9-11-24-49(44)54-50(45)33-40)48-23-10-8-21-43(48)47-32-38-16-5-7-20-42(38)52-46(47)29-27-36-26-25-35-15-4-6-19-41(35)51(36)52/h1-33H. The fourth-order valence-electron chi connectivity index (χ4n) is 8.54. The average molecular weight is 704 g/mol. The van der Waals surface area contributed by atoms with Crippen LogP contribution in [0.25, 0.3) is 85.5 Å². The Morgan fingerprint density at radius 1 is 0.315 bits per heavy atom. The second-order valence-electron chi connectivity index (χ2n) is 14.1. The third-order valence-corrected chi connectivity index (χ3v) is 12.1. The summed E-state index contributed by atoms with van der Waals surface area (Å²) in [6, 6.07) is 73.6. The van der Waals surface area contributed by atoms with Crippen molar-refractivity contribution in [2.24, 2.45) is 0 Å². The highest BCUT2D eigenvalue weighted by molar-refractivity contribution is 7.25. The van der Waals surface area contributed by atoms with E-state index < -0.39 is 0 Å². The topological polar surface area (TPSA) is 3.24 Å². The van der Waals surface area contributed by atoms with Crippen molar-refractivity contribution in [3.63, 3.8) is 0 Å². The monoisotopic (exact) mass is 703 g/mol. The third-order valence-electron chi connectivity index (χ3n) is 11.0. The van der Waals surface area contributed by atoms with Crippen LogP contribution in [0.3, 0.4) is 0 Å². The minimum atomic E-state index is 1.12. The summed E-state index contributed by atoms with van der Waals surface area (Å²) < 4.78 is 2.59. The zero-order chi connectivity index (χ0) is 35.6. The molecule has 11 rings (SSSR count). The SMILES string of the molecule is c1ccc(-c2cccc(N(c3ccc4c(c3)sc3ccccc34)c3ccccc3-c3cc4ccccc4c4c3ccc3ccc5ccccc5c34)c2)cc1. The van der Waals surface area contributed by atoms with Gasteiger partial charge >= 0.3 is 0 Å². The highest BCUT2D eigenvalue weighted by atomic mass is 32.1. The van der Waals surface area contributed by atoms with E-state index in [0.717, 1.165) is 17.1 Å². The summed E-state index contributed by atoms with van der Waals surface area (Å²) in [6.45, 7) is 0. The Kier molecular flexibility index (Phi) is 7.11. The zero-order valence-electron chi connectivity index (χ0n) is 29.4. The molecule has 0 atom stereocenters. The Balaban J connectivity index is 1.21. The van der Waals surface area contributed by atoms with E-state index in [-0.39, 0.29) is 0 Å².